The number of likely N-dealkylation sites (tertiary alicyclic amines) is 1. The third-order valence-electron chi connectivity index (χ3n) is 7.47. The third-order valence-corrected chi connectivity index (χ3v) is 7.47. The van der Waals surface area contributed by atoms with Crippen LogP contribution in [-0.4, -0.2) is 45.7 Å². The number of amides is 1. The van der Waals surface area contributed by atoms with Gasteiger partial charge in [0.05, 0.1) is 5.56 Å². The first-order valence-corrected chi connectivity index (χ1v) is 10.8. The fraction of sp³-hybridized carbons (Fsp3) is 0.440. The molecule has 5 nitrogen and oxygen atoms in total. The van der Waals surface area contributed by atoms with E-state index in [-0.39, 0.29) is 5.91 Å². The number of aryl methyl sites for hydroxylation is 1. The van der Waals surface area contributed by atoms with Crippen LogP contribution in [0, 0.1) is 12.3 Å². The summed E-state index contributed by atoms with van der Waals surface area (Å²) in [6, 6.07) is 13.8. The lowest BCUT2D eigenvalue weighted by molar-refractivity contribution is -0.144. The van der Waals surface area contributed by atoms with Crippen molar-refractivity contribution in [2.75, 3.05) is 13.1 Å². The van der Waals surface area contributed by atoms with E-state index >= 15 is 0 Å². The van der Waals surface area contributed by atoms with Gasteiger partial charge in [-0.05, 0) is 84.7 Å². The highest BCUT2D eigenvalue weighted by Gasteiger charge is 2.57. The minimum atomic E-state index is -1.06. The first-order valence-electron chi connectivity index (χ1n) is 10.8. The topological polar surface area (TPSA) is 77.8 Å². The Labute approximate surface area is 176 Å². The standard InChI is InChI=1S/C25H27NO4/c1-16-2-3-19(22(27)28)14-20(16)17-4-6-18(7-5-17)21-15-24(21)10-12-26(13-11-24)23(29)25(30)8-9-25/h2-7,14,21,30H,8-13,15H2,1H3,(H,27,28)/t21-/m1/s1. The maximum Gasteiger partial charge on any atom is 0.335 e. The molecule has 1 aliphatic heterocycles. The van der Waals surface area contributed by atoms with Gasteiger partial charge in [0.25, 0.3) is 5.91 Å². The van der Waals surface area contributed by atoms with Crippen LogP contribution >= 0.6 is 0 Å². The Bertz CT molecular complexity index is 1010. The van der Waals surface area contributed by atoms with E-state index in [0.717, 1.165) is 49.0 Å². The van der Waals surface area contributed by atoms with E-state index in [1.807, 2.05) is 17.9 Å². The zero-order valence-corrected chi connectivity index (χ0v) is 17.2. The molecule has 1 amide bonds. The van der Waals surface area contributed by atoms with Gasteiger partial charge in [-0.1, -0.05) is 30.3 Å². The first kappa shape index (κ1) is 19.3. The Morgan fingerprint density at radius 2 is 1.67 bits per heavy atom. The van der Waals surface area contributed by atoms with Gasteiger partial charge < -0.3 is 15.1 Å². The van der Waals surface area contributed by atoms with Crippen LogP contribution in [0.3, 0.4) is 0 Å². The molecule has 3 aliphatic rings. The number of aliphatic hydroxyl groups is 1. The molecule has 2 aromatic rings. The average Bonchev–Trinajstić information content (AvgIpc) is 3.66. The summed E-state index contributed by atoms with van der Waals surface area (Å²) in [6.45, 7) is 3.49. The van der Waals surface area contributed by atoms with E-state index in [9.17, 15) is 19.8 Å². The van der Waals surface area contributed by atoms with Gasteiger partial charge >= 0.3 is 5.97 Å². The SMILES string of the molecule is Cc1ccc(C(=O)O)cc1-c1ccc([C@H]2CC23CCN(C(=O)C2(O)CC2)CC3)cc1. The summed E-state index contributed by atoms with van der Waals surface area (Å²) in [7, 11) is 0. The molecule has 3 fully saturated rings. The predicted octanol–water partition coefficient (Wildman–Crippen LogP) is 3.98. The van der Waals surface area contributed by atoms with Gasteiger partial charge in [0.1, 0.15) is 5.60 Å². The van der Waals surface area contributed by atoms with Crippen LogP contribution in [0.4, 0.5) is 0 Å². The van der Waals surface area contributed by atoms with Crippen molar-refractivity contribution in [1.82, 2.24) is 4.90 Å². The van der Waals surface area contributed by atoms with Crippen molar-refractivity contribution in [2.24, 2.45) is 5.41 Å². The average molecular weight is 405 g/mol. The molecule has 30 heavy (non-hydrogen) atoms. The molecule has 0 unspecified atom stereocenters. The van der Waals surface area contributed by atoms with E-state index in [0.29, 0.717) is 29.7 Å². The van der Waals surface area contributed by atoms with E-state index in [1.54, 1.807) is 12.1 Å². The van der Waals surface area contributed by atoms with Crippen molar-refractivity contribution in [1.29, 1.82) is 0 Å². The van der Waals surface area contributed by atoms with Crippen molar-refractivity contribution in [3.8, 4) is 11.1 Å². The second-order valence-electron chi connectivity index (χ2n) is 9.40. The van der Waals surface area contributed by atoms with Crippen LogP contribution in [-0.2, 0) is 4.79 Å². The van der Waals surface area contributed by atoms with Crippen molar-refractivity contribution < 1.29 is 19.8 Å². The van der Waals surface area contributed by atoms with Gasteiger partial charge in [-0.3, -0.25) is 4.79 Å². The molecule has 1 spiro atoms. The predicted molar refractivity (Wildman–Crippen MR) is 113 cm³/mol. The molecular weight excluding hydrogens is 378 g/mol. The number of rotatable bonds is 4. The number of hydrogen-bond donors (Lipinski definition) is 2. The minimum Gasteiger partial charge on any atom is -0.478 e. The zero-order chi connectivity index (χ0) is 21.1. The van der Waals surface area contributed by atoms with E-state index in [4.69, 9.17) is 0 Å². The van der Waals surface area contributed by atoms with E-state index in [2.05, 4.69) is 24.3 Å². The summed E-state index contributed by atoms with van der Waals surface area (Å²) >= 11 is 0. The number of carbonyl (C=O) groups is 2. The Hall–Kier alpha value is -2.66. The van der Waals surface area contributed by atoms with Gasteiger partial charge in [0.2, 0.25) is 0 Å². The van der Waals surface area contributed by atoms with Gasteiger partial charge in [-0.25, -0.2) is 4.79 Å². The molecule has 2 N–H and O–H groups in total. The summed E-state index contributed by atoms with van der Waals surface area (Å²) in [5.74, 6) is -0.455. The number of nitrogens with zero attached hydrogens (tertiary/aromatic N) is 1. The molecule has 5 heteroatoms. The molecule has 156 valence electrons. The molecule has 0 aromatic heterocycles. The number of benzene rings is 2. The Kier molecular flexibility index (Phi) is 4.30. The van der Waals surface area contributed by atoms with Crippen LogP contribution in [0.5, 0.6) is 0 Å². The smallest absolute Gasteiger partial charge is 0.335 e. The van der Waals surface area contributed by atoms with E-state index in [1.165, 1.54) is 5.56 Å². The van der Waals surface area contributed by atoms with Crippen molar-refractivity contribution in [3.63, 3.8) is 0 Å². The molecule has 0 bridgehead atoms. The molecule has 1 heterocycles. The lowest BCUT2D eigenvalue weighted by atomic mass is 9.88. The molecule has 1 atom stereocenters. The van der Waals surface area contributed by atoms with Crippen molar-refractivity contribution >= 4 is 11.9 Å². The number of hydrogen-bond acceptors (Lipinski definition) is 3. The summed E-state index contributed by atoms with van der Waals surface area (Å²) in [6.07, 6.45) is 4.38. The number of carboxylic acids is 1. The van der Waals surface area contributed by atoms with Crippen LogP contribution < -0.4 is 0 Å². The second kappa shape index (κ2) is 6.67. The maximum absolute atomic E-state index is 12.4. The Morgan fingerprint density at radius 1 is 1.00 bits per heavy atom. The third kappa shape index (κ3) is 3.21. The van der Waals surface area contributed by atoms with Gasteiger partial charge in [-0.15, -0.1) is 0 Å². The molecule has 2 aliphatic carbocycles. The summed E-state index contributed by atoms with van der Waals surface area (Å²) in [5.41, 5.74) is 3.92. The second-order valence-corrected chi connectivity index (χ2v) is 9.40. The molecule has 5 rings (SSSR count). The highest BCUT2D eigenvalue weighted by atomic mass is 16.4. The largest absolute Gasteiger partial charge is 0.478 e. The number of carboxylic acid groups (broad SMARTS) is 1. The Balaban J connectivity index is 1.27. The lowest BCUT2D eigenvalue weighted by Crippen LogP contribution is -2.45. The van der Waals surface area contributed by atoms with Crippen molar-refractivity contribution in [3.05, 3.63) is 59.2 Å². The molecular formula is C25H27NO4. The first-order chi connectivity index (χ1) is 14.3. The highest BCUT2D eigenvalue weighted by molar-refractivity contribution is 5.90. The van der Waals surface area contributed by atoms with Crippen LogP contribution in [0.1, 0.15) is 59.5 Å². The zero-order valence-electron chi connectivity index (χ0n) is 17.2. The van der Waals surface area contributed by atoms with Crippen molar-refractivity contribution in [2.45, 2.75) is 50.5 Å². The minimum absolute atomic E-state index is 0.0714. The summed E-state index contributed by atoms with van der Waals surface area (Å²) < 4.78 is 0. The highest BCUT2D eigenvalue weighted by Crippen LogP contribution is 2.65. The Morgan fingerprint density at radius 3 is 2.27 bits per heavy atom. The van der Waals surface area contributed by atoms with Crippen LogP contribution in [0.15, 0.2) is 42.5 Å². The summed E-state index contributed by atoms with van der Waals surface area (Å²) in [4.78, 5) is 25.5. The monoisotopic (exact) mass is 405 g/mol. The molecule has 2 saturated carbocycles. The fourth-order valence-electron chi connectivity index (χ4n) is 5.11. The van der Waals surface area contributed by atoms with Crippen LogP contribution in [0.2, 0.25) is 0 Å². The normalized spacial score (nSPS) is 23.3. The van der Waals surface area contributed by atoms with Crippen LogP contribution in [0.25, 0.3) is 11.1 Å². The maximum atomic E-state index is 12.4. The number of aromatic carboxylic acids is 1. The lowest BCUT2D eigenvalue weighted by Gasteiger charge is -2.34. The van der Waals surface area contributed by atoms with Gasteiger partial charge in [0.15, 0.2) is 0 Å². The van der Waals surface area contributed by atoms with E-state index < -0.39 is 11.6 Å². The van der Waals surface area contributed by atoms with Gasteiger partial charge in [-0.2, -0.15) is 0 Å². The fourth-order valence-corrected chi connectivity index (χ4v) is 5.11. The molecule has 0 radical (unpaired) electrons. The molecule has 2 aromatic carbocycles. The summed E-state index contributed by atoms with van der Waals surface area (Å²) in [5, 5.41) is 19.4. The molecule has 1 saturated heterocycles. The number of piperidine rings is 1. The number of carbonyl (C=O) groups excluding carboxylic acids is 1. The quantitative estimate of drug-likeness (QED) is 0.807. The van der Waals surface area contributed by atoms with Gasteiger partial charge in [0, 0.05) is 13.1 Å².